The van der Waals surface area contributed by atoms with Crippen LogP contribution in [0.4, 0.5) is 0 Å². The van der Waals surface area contributed by atoms with Crippen LogP contribution in [0.5, 0.6) is 0 Å². The number of hydrogen-bond acceptors (Lipinski definition) is 2. The number of thioether (sulfide) groups is 1. The van der Waals surface area contributed by atoms with Crippen molar-refractivity contribution < 1.29 is 0 Å². The number of amidine groups is 1. The summed E-state index contributed by atoms with van der Waals surface area (Å²) in [4.78, 5) is 4.13. The fraction of sp³-hybridized carbons (Fsp3) is 0.571. The summed E-state index contributed by atoms with van der Waals surface area (Å²) in [6.07, 6.45) is 1.83. The zero-order valence-electron chi connectivity index (χ0n) is 6.75. The summed E-state index contributed by atoms with van der Waals surface area (Å²) in [5, 5.41) is 0.620. The first kappa shape index (κ1) is 10.8. The largest absolute Gasteiger partial charge is 0.379 e. The fourth-order valence-corrected chi connectivity index (χ4v) is 1.30. The highest BCUT2D eigenvalue weighted by molar-refractivity contribution is 8.13. The van der Waals surface area contributed by atoms with E-state index in [1.165, 1.54) is 17.3 Å². The van der Waals surface area contributed by atoms with E-state index in [1.807, 2.05) is 19.9 Å². The van der Waals surface area contributed by atoms with Gasteiger partial charge in [-0.25, -0.2) is 0 Å². The lowest BCUT2D eigenvalue weighted by molar-refractivity contribution is 0.838. The van der Waals surface area contributed by atoms with Gasteiger partial charge in [-0.1, -0.05) is 29.4 Å². The molecule has 0 atom stereocenters. The quantitative estimate of drug-likeness (QED) is 0.550. The highest BCUT2D eigenvalue weighted by atomic mass is 35.5. The summed E-state index contributed by atoms with van der Waals surface area (Å²) in [5.41, 5.74) is 7.03. The molecule has 0 aliphatic carbocycles. The standard InChI is InChI=1S/C7H13ClN2S/c1-6(2)10-7(9)11-5-3-4-8/h3-4,6H,5H2,1-2H3,(H2,9,10)/b4-3+. The Labute approximate surface area is 76.9 Å². The third-order valence-electron chi connectivity index (χ3n) is 0.802. The molecular formula is C7H13ClN2S. The molecule has 64 valence electrons. The molecule has 0 spiro atoms. The maximum Gasteiger partial charge on any atom is 0.154 e. The number of nitrogens with zero attached hydrogens (tertiary/aromatic N) is 1. The molecule has 0 bridgehead atoms. The summed E-state index contributed by atoms with van der Waals surface area (Å²) in [6.45, 7) is 3.98. The van der Waals surface area contributed by atoms with Crippen molar-refractivity contribution in [2.75, 3.05) is 5.75 Å². The van der Waals surface area contributed by atoms with Gasteiger partial charge in [0.05, 0.1) is 0 Å². The average molecular weight is 193 g/mol. The number of nitrogens with two attached hydrogens (primary N) is 1. The molecule has 0 aromatic heterocycles. The monoisotopic (exact) mass is 192 g/mol. The number of rotatable bonds is 3. The second-order valence-electron chi connectivity index (χ2n) is 2.23. The van der Waals surface area contributed by atoms with Gasteiger partial charge in [0, 0.05) is 17.3 Å². The molecule has 0 unspecified atom stereocenters. The van der Waals surface area contributed by atoms with E-state index >= 15 is 0 Å². The second kappa shape index (κ2) is 6.55. The molecule has 2 N–H and O–H groups in total. The minimum absolute atomic E-state index is 0.266. The molecular weight excluding hydrogens is 180 g/mol. The summed E-state index contributed by atoms with van der Waals surface area (Å²) in [5.74, 6) is 0.783. The van der Waals surface area contributed by atoms with Crippen LogP contribution in [-0.4, -0.2) is 17.0 Å². The normalized spacial score (nSPS) is 13.3. The highest BCUT2D eigenvalue weighted by Gasteiger charge is 1.92. The van der Waals surface area contributed by atoms with Crippen molar-refractivity contribution in [3.05, 3.63) is 11.6 Å². The lowest BCUT2D eigenvalue weighted by atomic mass is 10.4. The number of halogens is 1. The van der Waals surface area contributed by atoms with Crippen molar-refractivity contribution in [1.82, 2.24) is 0 Å². The van der Waals surface area contributed by atoms with Crippen molar-refractivity contribution in [1.29, 1.82) is 0 Å². The van der Waals surface area contributed by atoms with E-state index in [9.17, 15) is 0 Å². The van der Waals surface area contributed by atoms with Gasteiger partial charge in [0.2, 0.25) is 0 Å². The third kappa shape index (κ3) is 7.75. The number of aliphatic imine (C=N–C) groups is 1. The van der Waals surface area contributed by atoms with Crippen LogP contribution >= 0.6 is 23.4 Å². The van der Waals surface area contributed by atoms with E-state index in [-0.39, 0.29) is 6.04 Å². The van der Waals surface area contributed by atoms with E-state index in [1.54, 1.807) is 0 Å². The molecule has 0 aromatic carbocycles. The van der Waals surface area contributed by atoms with E-state index in [4.69, 9.17) is 17.3 Å². The van der Waals surface area contributed by atoms with Gasteiger partial charge in [-0.05, 0) is 13.8 Å². The third-order valence-corrected chi connectivity index (χ3v) is 1.74. The zero-order chi connectivity index (χ0) is 8.69. The Balaban J connectivity index is 3.59. The Morgan fingerprint density at radius 3 is 2.82 bits per heavy atom. The van der Waals surface area contributed by atoms with Crippen LogP contribution in [0.2, 0.25) is 0 Å². The summed E-state index contributed by atoms with van der Waals surface area (Å²) in [7, 11) is 0. The Bertz CT molecular complexity index is 155. The van der Waals surface area contributed by atoms with Crippen LogP contribution in [0, 0.1) is 0 Å². The second-order valence-corrected chi connectivity index (χ2v) is 3.53. The fourth-order valence-electron chi connectivity index (χ4n) is 0.462. The van der Waals surface area contributed by atoms with Crippen LogP contribution in [-0.2, 0) is 0 Å². The Hall–Kier alpha value is -0.150. The van der Waals surface area contributed by atoms with Gasteiger partial charge in [-0.2, -0.15) is 0 Å². The topological polar surface area (TPSA) is 38.4 Å². The van der Waals surface area contributed by atoms with Gasteiger partial charge in [-0.3, -0.25) is 4.99 Å². The minimum Gasteiger partial charge on any atom is -0.379 e. The van der Waals surface area contributed by atoms with Crippen molar-refractivity contribution in [3.63, 3.8) is 0 Å². The first-order valence-corrected chi connectivity index (χ1v) is 4.80. The highest BCUT2D eigenvalue weighted by Crippen LogP contribution is 2.02. The molecule has 11 heavy (non-hydrogen) atoms. The molecule has 0 rings (SSSR count). The summed E-state index contributed by atoms with van der Waals surface area (Å²) < 4.78 is 0. The molecule has 0 aromatic rings. The van der Waals surface area contributed by atoms with Gasteiger partial charge in [0.25, 0.3) is 0 Å². The molecule has 0 amide bonds. The van der Waals surface area contributed by atoms with Crippen molar-refractivity contribution >= 4 is 28.5 Å². The van der Waals surface area contributed by atoms with E-state index in [0.717, 1.165) is 5.75 Å². The van der Waals surface area contributed by atoms with Gasteiger partial charge >= 0.3 is 0 Å². The maximum atomic E-state index is 5.55. The molecule has 0 fully saturated rings. The number of hydrogen-bond donors (Lipinski definition) is 1. The van der Waals surface area contributed by atoms with Crippen molar-refractivity contribution in [3.8, 4) is 0 Å². The molecule has 0 saturated heterocycles. The Kier molecular flexibility index (Phi) is 6.46. The SMILES string of the molecule is CC(C)N=C(N)SC/C=C/Cl. The lowest BCUT2D eigenvalue weighted by Crippen LogP contribution is -2.09. The molecule has 2 nitrogen and oxygen atoms in total. The lowest BCUT2D eigenvalue weighted by Gasteiger charge is -1.99. The van der Waals surface area contributed by atoms with E-state index in [0.29, 0.717) is 5.17 Å². The summed E-state index contributed by atoms with van der Waals surface area (Å²) >= 11 is 6.80. The Morgan fingerprint density at radius 1 is 1.73 bits per heavy atom. The predicted octanol–water partition coefficient (Wildman–Crippen LogP) is 2.20. The molecule has 0 aliphatic rings. The van der Waals surface area contributed by atoms with Crippen LogP contribution in [0.15, 0.2) is 16.6 Å². The van der Waals surface area contributed by atoms with Crippen molar-refractivity contribution in [2.45, 2.75) is 19.9 Å². The molecule has 0 aliphatic heterocycles. The minimum atomic E-state index is 0.266. The summed E-state index contributed by atoms with van der Waals surface area (Å²) in [6, 6.07) is 0.266. The van der Waals surface area contributed by atoms with Crippen molar-refractivity contribution in [2.24, 2.45) is 10.7 Å². The molecule has 0 saturated carbocycles. The van der Waals surface area contributed by atoms with E-state index in [2.05, 4.69) is 4.99 Å². The average Bonchev–Trinajstić information content (AvgIpc) is 1.86. The smallest absolute Gasteiger partial charge is 0.154 e. The van der Waals surface area contributed by atoms with Gasteiger partial charge in [0.15, 0.2) is 5.17 Å². The maximum absolute atomic E-state index is 5.55. The first-order chi connectivity index (χ1) is 5.16. The first-order valence-electron chi connectivity index (χ1n) is 3.38. The van der Waals surface area contributed by atoms with Gasteiger partial charge in [-0.15, -0.1) is 0 Å². The molecule has 4 heteroatoms. The van der Waals surface area contributed by atoms with Crippen LogP contribution in [0.3, 0.4) is 0 Å². The van der Waals surface area contributed by atoms with Gasteiger partial charge in [0.1, 0.15) is 0 Å². The predicted molar refractivity (Wildman–Crippen MR) is 54.2 cm³/mol. The van der Waals surface area contributed by atoms with Crippen LogP contribution in [0.1, 0.15) is 13.8 Å². The molecule has 0 heterocycles. The van der Waals surface area contributed by atoms with Gasteiger partial charge < -0.3 is 5.73 Å². The van der Waals surface area contributed by atoms with E-state index < -0.39 is 0 Å². The Morgan fingerprint density at radius 2 is 2.36 bits per heavy atom. The molecule has 0 radical (unpaired) electrons. The van der Waals surface area contributed by atoms with Crippen LogP contribution < -0.4 is 5.73 Å². The zero-order valence-corrected chi connectivity index (χ0v) is 8.32. The van der Waals surface area contributed by atoms with Crippen LogP contribution in [0.25, 0.3) is 0 Å².